The predicted molar refractivity (Wildman–Crippen MR) is 113 cm³/mol. The van der Waals surface area contributed by atoms with Gasteiger partial charge in [0.1, 0.15) is 18.4 Å². The largest absolute Gasteiger partial charge is 0.491 e. The number of carbonyl (C=O) groups excluding carboxylic acids is 2. The summed E-state index contributed by atoms with van der Waals surface area (Å²) < 4.78 is 5.77. The van der Waals surface area contributed by atoms with Gasteiger partial charge in [-0.1, -0.05) is 37.3 Å². The molecule has 3 aromatic rings. The van der Waals surface area contributed by atoms with E-state index in [1.807, 2.05) is 49.4 Å². The fourth-order valence-corrected chi connectivity index (χ4v) is 4.31. The molecule has 4 rings (SSSR count). The number of nitrogens with one attached hydrogen (secondary N) is 1. The summed E-state index contributed by atoms with van der Waals surface area (Å²) in [6, 6.07) is 16.2. The summed E-state index contributed by atoms with van der Waals surface area (Å²) >= 11 is 1.27. The number of hydrogen-bond acceptors (Lipinski definition) is 6. The lowest BCUT2D eigenvalue weighted by Crippen LogP contribution is -2.45. The highest BCUT2D eigenvalue weighted by atomic mass is 32.1. The molecule has 0 saturated carbocycles. The minimum absolute atomic E-state index is 0.0848. The van der Waals surface area contributed by atoms with E-state index in [0.29, 0.717) is 22.7 Å². The van der Waals surface area contributed by atoms with Gasteiger partial charge < -0.3 is 10.1 Å². The maximum absolute atomic E-state index is 12.8. The van der Waals surface area contributed by atoms with Crippen molar-refractivity contribution in [1.82, 2.24) is 10.3 Å². The van der Waals surface area contributed by atoms with E-state index in [1.165, 1.54) is 11.3 Å². The Morgan fingerprint density at radius 2 is 2.13 bits per heavy atom. The number of carbonyl (C=O) groups is 2. The molecule has 30 heavy (non-hydrogen) atoms. The number of rotatable bonds is 4. The van der Waals surface area contributed by atoms with Crippen molar-refractivity contribution < 1.29 is 14.3 Å². The number of ketones is 1. The fourth-order valence-electron chi connectivity index (χ4n) is 3.46. The molecule has 0 aliphatic carbocycles. The molecule has 1 aromatic heterocycles. The van der Waals surface area contributed by atoms with Gasteiger partial charge in [-0.3, -0.25) is 9.59 Å². The zero-order valence-corrected chi connectivity index (χ0v) is 17.1. The summed E-state index contributed by atoms with van der Waals surface area (Å²) in [6.45, 7) is 1.91. The lowest BCUT2D eigenvalue weighted by Gasteiger charge is -2.16. The van der Waals surface area contributed by atoms with Gasteiger partial charge >= 0.3 is 0 Å². The first-order valence-electron chi connectivity index (χ1n) is 9.55. The predicted octanol–water partition coefficient (Wildman–Crippen LogP) is 3.47. The van der Waals surface area contributed by atoms with Gasteiger partial charge in [0.2, 0.25) is 0 Å². The molecule has 0 unspecified atom stereocenters. The molecule has 1 amide bonds. The van der Waals surface area contributed by atoms with Crippen molar-refractivity contribution in [2.45, 2.75) is 25.3 Å². The van der Waals surface area contributed by atoms with Gasteiger partial charge in [0, 0.05) is 29.0 Å². The summed E-state index contributed by atoms with van der Waals surface area (Å²) in [6.07, 6.45) is 2.24. The van der Waals surface area contributed by atoms with Gasteiger partial charge in [0.15, 0.2) is 10.8 Å². The van der Waals surface area contributed by atoms with Gasteiger partial charge in [-0.15, -0.1) is 11.3 Å². The van der Waals surface area contributed by atoms with Crippen LogP contribution >= 0.6 is 11.3 Å². The fraction of sp³-hybridized carbons (Fsp3) is 0.217. The Hall–Kier alpha value is -3.50. The second-order valence-corrected chi connectivity index (χ2v) is 8.23. The number of hydrogen-bond donors (Lipinski definition) is 1. The minimum Gasteiger partial charge on any atom is -0.491 e. The van der Waals surface area contributed by atoms with Crippen molar-refractivity contribution in [2.24, 2.45) is 0 Å². The highest BCUT2D eigenvalue weighted by Gasteiger charge is 2.32. The zero-order valence-electron chi connectivity index (χ0n) is 16.3. The van der Waals surface area contributed by atoms with Crippen molar-refractivity contribution in [1.29, 1.82) is 5.26 Å². The third-order valence-corrected chi connectivity index (χ3v) is 6.04. The smallest absolute Gasteiger partial charge is 0.280 e. The van der Waals surface area contributed by atoms with Crippen LogP contribution in [0.3, 0.4) is 0 Å². The van der Waals surface area contributed by atoms with Crippen molar-refractivity contribution in [3.8, 4) is 11.8 Å². The van der Waals surface area contributed by atoms with Crippen molar-refractivity contribution in [3.05, 3.63) is 81.3 Å². The first kappa shape index (κ1) is 19.8. The third kappa shape index (κ3) is 4.09. The molecule has 1 aliphatic heterocycles. The van der Waals surface area contributed by atoms with Gasteiger partial charge in [0.25, 0.3) is 5.91 Å². The summed E-state index contributed by atoms with van der Waals surface area (Å²) in [5.41, 5.74) is 2.40. The first-order chi connectivity index (χ1) is 14.5. The summed E-state index contributed by atoms with van der Waals surface area (Å²) in [5, 5.41) is 12.1. The van der Waals surface area contributed by atoms with E-state index in [1.54, 1.807) is 12.3 Å². The second-order valence-electron chi connectivity index (χ2n) is 7.12. The molecular weight excluding hydrogens is 398 g/mol. The Morgan fingerprint density at radius 1 is 1.30 bits per heavy atom. The Labute approximate surface area is 178 Å². The number of aromatic nitrogens is 1. The minimum atomic E-state index is -0.737. The maximum atomic E-state index is 12.8. The zero-order chi connectivity index (χ0) is 21.1. The number of fused-ring (bicyclic) bond motifs is 1. The number of amides is 1. The normalized spacial score (nSPS) is 17.9. The molecule has 2 heterocycles. The van der Waals surface area contributed by atoms with Crippen molar-refractivity contribution in [2.75, 3.05) is 6.61 Å². The van der Waals surface area contributed by atoms with Crippen LogP contribution in [0.5, 0.6) is 5.75 Å². The molecule has 0 radical (unpaired) electrons. The molecule has 0 bridgehead atoms. The molecule has 0 spiro atoms. The van der Waals surface area contributed by atoms with Crippen LogP contribution in [0.1, 0.15) is 44.2 Å². The molecule has 6 nitrogen and oxygen atoms in total. The Morgan fingerprint density at radius 3 is 2.97 bits per heavy atom. The van der Waals surface area contributed by atoms with Crippen LogP contribution in [0.25, 0.3) is 0 Å². The van der Waals surface area contributed by atoms with Gasteiger partial charge in [0.05, 0.1) is 11.6 Å². The highest BCUT2D eigenvalue weighted by molar-refractivity contribution is 7.13. The lowest BCUT2D eigenvalue weighted by atomic mass is 9.93. The molecule has 7 heteroatoms. The standard InChI is InChI=1S/C23H19N3O3S/c1-14-18-7-2-3-8-20(18)29-13-19(21(14)27)26-22(28)23-25-12-17(30-23)10-15-5-4-6-16(9-15)11-24/h2-9,12,14,19H,10,13H2,1H3,(H,26,28)/t14-,19-/m0/s1. The number of nitriles is 1. The topological polar surface area (TPSA) is 92.1 Å². The molecule has 0 fully saturated rings. The number of thiazole rings is 1. The van der Waals surface area contributed by atoms with Crippen LogP contribution in [0.4, 0.5) is 0 Å². The van der Waals surface area contributed by atoms with Crippen LogP contribution in [0, 0.1) is 11.3 Å². The Kier molecular flexibility index (Phi) is 5.59. The molecular formula is C23H19N3O3S. The van der Waals surface area contributed by atoms with Crippen LogP contribution in [0.2, 0.25) is 0 Å². The Balaban J connectivity index is 1.44. The molecule has 1 N–H and O–H groups in total. The van der Waals surface area contributed by atoms with E-state index in [9.17, 15) is 9.59 Å². The van der Waals surface area contributed by atoms with Gasteiger partial charge in [-0.05, 0) is 23.8 Å². The quantitative estimate of drug-likeness (QED) is 0.702. The molecule has 2 aromatic carbocycles. The van der Waals surface area contributed by atoms with Gasteiger partial charge in [-0.2, -0.15) is 5.26 Å². The molecule has 0 saturated heterocycles. The number of nitrogens with zero attached hydrogens (tertiary/aromatic N) is 2. The molecule has 150 valence electrons. The van der Waals surface area contributed by atoms with E-state index < -0.39 is 11.9 Å². The van der Waals surface area contributed by atoms with Crippen LogP contribution < -0.4 is 10.1 Å². The highest BCUT2D eigenvalue weighted by Crippen LogP contribution is 2.30. The average molecular weight is 417 g/mol. The van der Waals surface area contributed by atoms with Crippen molar-refractivity contribution in [3.63, 3.8) is 0 Å². The molecule has 1 aliphatic rings. The van der Waals surface area contributed by atoms with Gasteiger partial charge in [-0.25, -0.2) is 4.98 Å². The van der Waals surface area contributed by atoms with Crippen LogP contribution in [-0.2, 0) is 11.2 Å². The summed E-state index contributed by atoms with van der Waals surface area (Å²) in [5.74, 6) is -0.171. The number of para-hydroxylation sites is 1. The van der Waals surface area contributed by atoms with E-state index in [4.69, 9.17) is 10.00 Å². The monoisotopic (exact) mass is 417 g/mol. The van der Waals surface area contributed by atoms with E-state index >= 15 is 0 Å². The lowest BCUT2D eigenvalue weighted by molar-refractivity contribution is -0.122. The SMILES string of the molecule is C[C@@H]1C(=O)[C@@H](NC(=O)c2ncc(Cc3cccc(C#N)c3)s2)COc2ccccc21. The van der Waals surface area contributed by atoms with Crippen LogP contribution in [0.15, 0.2) is 54.7 Å². The van der Waals surface area contributed by atoms with Crippen molar-refractivity contribution >= 4 is 23.0 Å². The summed E-state index contributed by atoms with van der Waals surface area (Å²) in [7, 11) is 0. The van der Waals surface area contributed by atoms with E-state index in [0.717, 1.165) is 16.0 Å². The molecule has 2 atom stereocenters. The second kappa shape index (κ2) is 8.47. The number of Topliss-reactive ketones (excluding diaryl/α,β-unsaturated/α-hetero) is 1. The summed E-state index contributed by atoms with van der Waals surface area (Å²) in [4.78, 5) is 30.7. The first-order valence-corrected chi connectivity index (χ1v) is 10.4. The number of ether oxygens (including phenoxy) is 1. The third-order valence-electron chi connectivity index (χ3n) is 5.05. The maximum Gasteiger partial charge on any atom is 0.280 e. The average Bonchev–Trinajstić information content (AvgIpc) is 3.20. The van der Waals surface area contributed by atoms with Crippen LogP contribution in [-0.4, -0.2) is 29.3 Å². The van der Waals surface area contributed by atoms with E-state index in [-0.39, 0.29) is 18.3 Å². The Bertz CT molecular complexity index is 1150. The number of benzene rings is 2. The van der Waals surface area contributed by atoms with E-state index in [2.05, 4.69) is 16.4 Å².